The highest BCUT2D eigenvalue weighted by atomic mass is 16.5. The second-order valence-corrected chi connectivity index (χ2v) is 11.8. The molecule has 1 aliphatic heterocycles. The number of rotatable bonds is 8. The Morgan fingerprint density at radius 3 is 2.21 bits per heavy atom. The molecule has 6 rings (SSSR count). The highest BCUT2D eigenvalue weighted by molar-refractivity contribution is 5.91. The quantitative estimate of drug-likeness (QED) is 0.356. The number of fused-ring (bicyclic) bond motifs is 3. The van der Waals surface area contributed by atoms with E-state index in [0.29, 0.717) is 38.9 Å². The first-order valence-electron chi connectivity index (χ1n) is 14.9. The number of nitrogens with zero attached hydrogens (tertiary/aromatic N) is 1. The largest absolute Gasteiger partial charge is 0.481 e. The van der Waals surface area contributed by atoms with E-state index in [-0.39, 0.29) is 18.4 Å². The minimum atomic E-state index is -1.22. The van der Waals surface area contributed by atoms with Gasteiger partial charge in [-0.2, -0.15) is 0 Å². The molecule has 3 atom stereocenters. The van der Waals surface area contributed by atoms with Crippen molar-refractivity contribution in [3.63, 3.8) is 0 Å². The number of alkyl carbamates (subject to hydrolysis) is 1. The van der Waals surface area contributed by atoms with Crippen LogP contribution in [0.25, 0.3) is 11.1 Å². The summed E-state index contributed by atoms with van der Waals surface area (Å²) in [6.07, 6.45) is 2.59. The van der Waals surface area contributed by atoms with Crippen molar-refractivity contribution >= 4 is 18.0 Å². The van der Waals surface area contributed by atoms with Gasteiger partial charge < -0.3 is 20.5 Å². The molecular weight excluding hydrogens is 530 g/mol. The van der Waals surface area contributed by atoms with Crippen LogP contribution in [-0.4, -0.2) is 59.3 Å². The van der Waals surface area contributed by atoms with Crippen LogP contribution in [0.5, 0.6) is 0 Å². The molecule has 3 aromatic rings. The van der Waals surface area contributed by atoms with Gasteiger partial charge in [-0.15, -0.1) is 0 Å². The molecule has 8 nitrogen and oxygen atoms in total. The van der Waals surface area contributed by atoms with Crippen molar-refractivity contribution in [1.29, 1.82) is 0 Å². The molecule has 218 valence electrons. The smallest absolute Gasteiger partial charge is 0.408 e. The molecule has 42 heavy (non-hydrogen) atoms. The highest BCUT2D eigenvalue weighted by Crippen LogP contribution is 2.44. The lowest BCUT2D eigenvalue weighted by Gasteiger charge is -2.35. The Bertz CT molecular complexity index is 1410. The lowest BCUT2D eigenvalue weighted by molar-refractivity contribution is -0.144. The number of ether oxygens (including phenoxy) is 1. The fourth-order valence-corrected chi connectivity index (χ4v) is 6.95. The van der Waals surface area contributed by atoms with E-state index < -0.39 is 29.6 Å². The molecule has 3 aliphatic rings. The van der Waals surface area contributed by atoms with Gasteiger partial charge in [-0.3, -0.25) is 14.5 Å². The number of amides is 2. The third kappa shape index (κ3) is 5.63. The Kier molecular flexibility index (Phi) is 7.98. The zero-order chi connectivity index (χ0) is 29.1. The van der Waals surface area contributed by atoms with Crippen LogP contribution in [-0.2, 0) is 20.9 Å². The van der Waals surface area contributed by atoms with Gasteiger partial charge in [0.15, 0.2) is 0 Å². The van der Waals surface area contributed by atoms with Crippen molar-refractivity contribution < 1.29 is 24.2 Å². The average molecular weight is 568 g/mol. The van der Waals surface area contributed by atoms with Crippen LogP contribution in [0.4, 0.5) is 4.79 Å². The van der Waals surface area contributed by atoms with Gasteiger partial charge in [-0.25, -0.2) is 4.79 Å². The summed E-state index contributed by atoms with van der Waals surface area (Å²) in [6.45, 7) is 1.71. The standard InChI is InChI=1S/C34H37N3O5/c38-31(39)28-16-8-9-17-30(28)35-32(40)34(18-19-37(22-34)20-23-10-2-1-3-11-23)36-33(41)42-21-29-26-14-6-4-12-24(26)25-13-5-7-15-27(25)29/h1-7,10-15,28-30H,8-9,16-22H2,(H,35,40)(H,36,41)(H,38,39). The maximum absolute atomic E-state index is 13.9. The number of carboxylic acid groups (broad SMARTS) is 1. The van der Waals surface area contributed by atoms with E-state index in [1.165, 1.54) is 0 Å². The molecule has 1 heterocycles. The van der Waals surface area contributed by atoms with Crippen LogP contribution in [0, 0.1) is 5.92 Å². The van der Waals surface area contributed by atoms with E-state index in [4.69, 9.17) is 4.74 Å². The first-order valence-corrected chi connectivity index (χ1v) is 14.9. The molecule has 8 heteroatoms. The molecular formula is C34H37N3O5. The second-order valence-electron chi connectivity index (χ2n) is 11.8. The number of nitrogens with one attached hydrogen (secondary N) is 2. The van der Waals surface area contributed by atoms with E-state index in [1.54, 1.807) is 0 Å². The topological polar surface area (TPSA) is 108 Å². The van der Waals surface area contributed by atoms with E-state index in [9.17, 15) is 19.5 Å². The summed E-state index contributed by atoms with van der Waals surface area (Å²) in [4.78, 5) is 41.4. The van der Waals surface area contributed by atoms with E-state index in [1.807, 2.05) is 54.6 Å². The second kappa shape index (κ2) is 12.0. The Hall–Kier alpha value is -4.17. The number of carbonyl (C=O) groups is 3. The molecule has 0 bridgehead atoms. The zero-order valence-electron chi connectivity index (χ0n) is 23.6. The summed E-state index contributed by atoms with van der Waals surface area (Å²) in [7, 11) is 0. The van der Waals surface area contributed by atoms with Crippen LogP contribution in [0.1, 0.15) is 54.7 Å². The highest BCUT2D eigenvalue weighted by Gasteiger charge is 2.48. The Balaban J connectivity index is 1.18. The lowest BCUT2D eigenvalue weighted by Crippen LogP contribution is -2.63. The predicted octanol–water partition coefficient (Wildman–Crippen LogP) is 4.93. The minimum Gasteiger partial charge on any atom is -0.481 e. The normalized spacial score (nSPS) is 23.5. The molecule has 0 radical (unpaired) electrons. The number of hydrogen-bond acceptors (Lipinski definition) is 5. The maximum Gasteiger partial charge on any atom is 0.408 e. The molecule has 3 aromatic carbocycles. The first kappa shape index (κ1) is 28.0. The summed E-state index contributed by atoms with van der Waals surface area (Å²) in [6, 6.07) is 25.9. The summed E-state index contributed by atoms with van der Waals surface area (Å²) >= 11 is 0. The maximum atomic E-state index is 13.9. The summed E-state index contributed by atoms with van der Waals surface area (Å²) in [5, 5.41) is 15.7. The van der Waals surface area contributed by atoms with Gasteiger partial charge in [0.2, 0.25) is 5.91 Å². The van der Waals surface area contributed by atoms with Gasteiger partial charge in [0.25, 0.3) is 0 Å². The van der Waals surface area contributed by atoms with E-state index in [2.05, 4.69) is 39.8 Å². The third-order valence-electron chi connectivity index (χ3n) is 9.12. The van der Waals surface area contributed by atoms with Gasteiger partial charge in [0.05, 0.1) is 5.92 Å². The number of carboxylic acids is 1. The van der Waals surface area contributed by atoms with Crippen molar-refractivity contribution in [3.05, 3.63) is 95.6 Å². The summed E-state index contributed by atoms with van der Waals surface area (Å²) < 4.78 is 5.84. The zero-order valence-corrected chi connectivity index (χ0v) is 23.6. The van der Waals surface area contributed by atoms with Crippen molar-refractivity contribution in [3.8, 4) is 11.1 Å². The van der Waals surface area contributed by atoms with Gasteiger partial charge in [0, 0.05) is 31.6 Å². The van der Waals surface area contributed by atoms with Crippen LogP contribution in [0.2, 0.25) is 0 Å². The fourth-order valence-electron chi connectivity index (χ4n) is 6.95. The van der Waals surface area contributed by atoms with Crippen molar-refractivity contribution in [2.45, 2.75) is 56.1 Å². The minimum absolute atomic E-state index is 0.0929. The molecule has 3 N–H and O–H groups in total. The number of likely N-dealkylation sites (tertiary alicyclic amines) is 1. The van der Waals surface area contributed by atoms with E-state index in [0.717, 1.165) is 40.7 Å². The molecule has 1 saturated heterocycles. The van der Waals surface area contributed by atoms with E-state index >= 15 is 0 Å². The fraction of sp³-hybridized carbons (Fsp3) is 0.382. The molecule has 1 saturated carbocycles. The van der Waals surface area contributed by atoms with Gasteiger partial charge in [0.1, 0.15) is 12.1 Å². The Labute approximate surface area is 246 Å². The number of aliphatic carboxylic acids is 1. The van der Waals surface area contributed by atoms with Gasteiger partial charge >= 0.3 is 12.1 Å². The monoisotopic (exact) mass is 567 g/mol. The first-order chi connectivity index (χ1) is 20.4. The average Bonchev–Trinajstić information content (AvgIpc) is 3.56. The molecule has 0 aromatic heterocycles. The number of hydrogen-bond donors (Lipinski definition) is 3. The van der Waals surface area contributed by atoms with Gasteiger partial charge in [-0.1, -0.05) is 91.7 Å². The number of carbonyl (C=O) groups excluding carboxylic acids is 2. The van der Waals surface area contributed by atoms with Crippen LogP contribution >= 0.6 is 0 Å². The molecule has 2 aliphatic carbocycles. The van der Waals surface area contributed by atoms with Crippen LogP contribution in [0.3, 0.4) is 0 Å². The van der Waals surface area contributed by atoms with Gasteiger partial charge in [-0.05, 0) is 47.1 Å². The van der Waals surface area contributed by atoms with Crippen molar-refractivity contribution in [2.24, 2.45) is 5.92 Å². The lowest BCUT2D eigenvalue weighted by atomic mass is 9.83. The molecule has 3 unspecified atom stereocenters. The van der Waals surface area contributed by atoms with Crippen molar-refractivity contribution in [1.82, 2.24) is 15.5 Å². The number of benzene rings is 3. The molecule has 2 fully saturated rings. The summed E-state index contributed by atoms with van der Waals surface area (Å²) in [5.41, 5.74) is 4.42. The third-order valence-corrected chi connectivity index (χ3v) is 9.12. The summed E-state index contributed by atoms with van der Waals surface area (Å²) in [5.74, 6) is -1.96. The molecule has 2 amide bonds. The Morgan fingerprint density at radius 2 is 1.52 bits per heavy atom. The molecule has 0 spiro atoms. The van der Waals surface area contributed by atoms with Crippen molar-refractivity contribution in [2.75, 3.05) is 19.7 Å². The van der Waals surface area contributed by atoms with Crippen LogP contribution < -0.4 is 10.6 Å². The van der Waals surface area contributed by atoms with Crippen LogP contribution in [0.15, 0.2) is 78.9 Å². The SMILES string of the molecule is O=C(NC1(C(=O)NC2CCCCC2C(=O)O)CCN(Cc2ccccc2)C1)OCC1c2ccccc2-c2ccccc21. The predicted molar refractivity (Wildman–Crippen MR) is 159 cm³/mol. The Morgan fingerprint density at radius 1 is 0.881 bits per heavy atom.